The highest BCUT2D eigenvalue weighted by atomic mass is 32.1. The van der Waals surface area contributed by atoms with E-state index in [1.165, 1.54) is 15.0 Å². The van der Waals surface area contributed by atoms with E-state index in [4.69, 9.17) is 0 Å². The number of thiophene rings is 1. The number of aliphatic hydroxyl groups excluding tert-OH is 1. The van der Waals surface area contributed by atoms with E-state index in [9.17, 15) is 5.11 Å². The van der Waals surface area contributed by atoms with Gasteiger partial charge in [-0.15, -0.1) is 11.3 Å². The Hall–Kier alpha value is -0.900. The average Bonchev–Trinajstić information content (AvgIpc) is 2.82. The fourth-order valence-corrected chi connectivity index (χ4v) is 3.08. The molecular formula is C15H21NOS. The molecule has 98 valence electrons. The molecule has 2 unspecified atom stereocenters. The quantitative estimate of drug-likeness (QED) is 0.832. The van der Waals surface area contributed by atoms with Gasteiger partial charge >= 0.3 is 0 Å². The number of rotatable bonds is 6. The third-order valence-corrected chi connectivity index (χ3v) is 4.57. The molecule has 2 atom stereocenters. The molecule has 0 fully saturated rings. The van der Waals surface area contributed by atoms with Gasteiger partial charge in [-0.2, -0.15) is 0 Å². The Morgan fingerprint density at radius 1 is 1.33 bits per heavy atom. The van der Waals surface area contributed by atoms with Crippen LogP contribution in [0.4, 0.5) is 0 Å². The van der Waals surface area contributed by atoms with Crippen LogP contribution in [0, 0.1) is 0 Å². The van der Waals surface area contributed by atoms with Gasteiger partial charge in [-0.25, -0.2) is 0 Å². The second kappa shape index (κ2) is 6.32. The molecule has 1 aromatic heterocycles. The summed E-state index contributed by atoms with van der Waals surface area (Å²) < 4.78 is 1.34. The standard InChI is InChI=1S/C15H21NOS/c1-3-13(17)8-9-16-11(2)15-10-12-6-4-5-7-14(12)18-15/h4-7,10-11,13,16-17H,3,8-9H2,1-2H3. The Bertz CT molecular complexity index is 461. The van der Waals surface area contributed by atoms with E-state index in [0.717, 1.165) is 19.4 Å². The molecule has 0 aliphatic carbocycles. The van der Waals surface area contributed by atoms with E-state index < -0.39 is 0 Å². The predicted octanol–water partition coefficient (Wildman–Crippen LogP) is 3.71. The molecule has 2 N–H and O–H groups in total. The molecular weight excluding hydrogens is 242 g/mol. The van der Waals surface area contributed by atoms with Crippen LogP contribution in [-0.4, -0.2) is 17.8 Å². The van der Waals surface area contributed by atoms with Crippen molar-refractivity contribution in [2.45, 2.75) is 38.8 Å². The number of aliphatic hydroxyl groups is 1. The molecule has 0 aliphatic heterocycles. The predicted molar refractivity (Wildman–Crippen MR) is 79.2 cm³/mol. The maximum atomic E-state index is 9.52. The monoisotopic (exact) mass is 263 g/mol. The topological polar surface area (TPSA) is 32.3 Å². The summed E-state index contributed by atoms with van der Waals surface area (Å²) in [6.07, 6.45) is 1.48. The van der Waals surface area contributed by atoms with Crippen LogP contribution in [-0.2, 0) is 0 Å². The molecule has 0 saturated heterocycles. The first-order valence-electron chi connectivity index (χ1n) is 6.60. The van der Waals surface area contributed by atoms with Gasteiger partial charge in [-0.1, -0.05) is 25.1 Å². The number of hydrogen-bond acceptors (Lipinski definition) is 3. The highest BCUT2D eigenvalue weighted by molar-refractivity contribution is 7.19. The third-order valence-electron chi connectivity index (χ3n) is 3.27. The Morgan fingerprint density at radius 2 is 2.11 bits per heavy atom. The lowest BCUT2D eigenvalue weighted by Crippen LogP contribution is -2.22. The van der Waals surface area contributed by atoms with Crippen LogP contribution < -0.4 is 5.32 Å². The summed E-state index contributed by atoms with van der Waals surface area (Å²) in [5, 5.41) is 14.3. The maximum absolute atomic E-state index is 9.52. The molecule has 0 aliphatic rings. The van der Waals surface area contributed by atoms with Crippen LogP contribution in [0.25, 0.3) is 10.1 Å². The van der Waals surface area contributed by atoms with Gasteiger partial charge in [0, 0.05) is 15.6 Å². The van der Waals surface area contributed by atoms with Crippen molar-refractivity contribution in [3.63, 3.8) is 0 Å². The molecule has 1 aromatic carbocycles. The van der Waals surface area contributed by atoms with Crippen LogP contribution in [0.15, 0.2) is 30.3 Å². The van der Waals surface area contributed by atoms with Crippen molar-refractivity contribution in [3.8, 4) is 0 Å². The summed E-state index contributed by atoms with van der Waals surface area (Å²) in [7, 11) is 0. The lowest BCUT2D eigenvalue weighted by molar-refractivity contribution is 0.159. The highest BCUT2D eigenvalue weighted by Gasteiger charge is 2.09. The summed E-state index contributed by atoms with van der Waals surface area (Å²) in [5.41, 5.74) is 0. The fourth-order valence-electron chi connectivity index (χ4n) is 1.99. The summed E-state index contributed by atoms with van der Waals surface area (Å²) >= 11 is 1.84. The molecule has 0 spiro atoms. The summed E-state index contributed by atoms with van der Waals surface area (Å²) in [6.45, 7) is 5.06. The fraction of sp³-hybridized carbons (Fsp3) is 0.467. The molecule has 2 nitrogen and oxygen atoms in total. The molecule has 2 rings (SSSR count). The normalized spacial score (nSPS) is 14.8. The Labute approximate surface area is 113 Å². The van der Waals surface area contributed by atoms with Crippen molar-refractivity contribution >= 4 is 21.4 Å². The lowest BCUT2D eigenvalue weighted by atomic mass is 10.2. The van der Waals surface area contributed by atoms with Crippen LogP contribution in [0.5, 0.6) is 0 Å². The van der Waals surface area contributed by atoms with E-state index in [2.05, 4.69) is 42.6 Å². The lowest BCUT2D eigenvalue weighted by Gasteiger charge is -2.13. The first-order valence-corrected chi connectivity index (χ1v) is 7.42. The Morgan fingerprint density at radius 3 is 2.83 bits per heavy atom. The average molecular weight is 263 g/mol. The van der Waals surface area contributed by atoms with Crippen molar-refractivity contribution in [2.75, 3.05) is 6.54 Å². The van der Waals surface area contributed by atoms with Gasteiger partial charge < -0.3 is 10.4 Å². The SMILES string of the molecule is CCC(O)CCNC(C)c1cc2ccccc2s1. The van der Waals surface area contributed by atoms with Gasteiger partial charge in [-0.3, -0.25) is 0 Å². The van der Waals surface area contributed by atoms with Gasteiger partial charge in [0.2, 0.25) is 0 Å². The minimum Gasteiger partial charge on any atom is -0.393 e. The van der Waals surface area contributed by atoms with E-state index in [0.29, 0.717) is 6.04 Å². The first kappa shape index (κ1) is 13.5. The van der Waals surface area contributed by atoms with Crippen LogP contribution in [0.2, 0.25) is 0 Å². The van der Waals surface area contributed by atoms with Crippen LogP contribution in [0.3, 0.4) is 0 Å². The van der Waals surface area contributed by atoms with Gasteiger partial charge in [-0.05, 0) is 43.8 Å². The summed E-state index contributed by atoms with van der Waals surface area (Å²) in [4.78, 5) is 1.36. The smallest absolute Gasteiger partial charge is 0.0549 e. The maximum Gasteiger partial charge on any atom is 0.0549 e. The molecule has 0 bridgehead atoms. The molecule has 0 saturated carbocycles. The zero-order valence-electron chi connectivity index (χ0n) is 11.0. The zero-order chi connectivity index (χ0) is 13.0. The van der Waals surface area contributed by atoms with Gasteiger partial charge in [0.05, 0.1) is 6.10 Å². The van der Waals surface area contributed by atoms with Gasteiger partial charge in [0.25, 0.3) is 0 Å². The highest BCUT2D eigenvalue weighted by Crippen LogP contribution is 2.29. The Kier molecular flexibility index (Phi) is 4.75. The van der Waals surface area contributed by atoms with Gasteiger partial charge in [0.1, 0.15) is 0 Å². The molecule has 1 heterocycles. The van der Waals surface area contributed by atoms with E-state index in [1.807, 2.05) is 18.3 Å². The first-order chi connectivity index (χ1) is 8.70. The van der Waals surface area contributed by atoms with Crippen molar-refractivity contribution < 1.29 is 5.11 Å². The number of hydrogen-bond donors (Lipinski definition) is 2. The largest absolute Gasteiger partial charge is 0.393 e. The molecule has 2 aromatic rings. The van der Waals surface area contributed by atoms with E-state index in [1.54, 1.807) is 0 Å². The van der Waals surface area contributed by atoms with Crippen LogP contribution in [0.1, 0.15) is 37.6 Å². The molecule has 0 amide bonds. The van der Waals surface area contributed by atoms with Crippen molar-refractivity contribution in [1.82, 2.24) is 5.32 Å². The molecule has 18 heavy (non-hydrogen) atoms. The third kappa shape index (κ3) is 3.31. The van der Waals surface area contributed by atoms with Crippen molar-refractivity contribution in [3.05, 3.63) is 35.2 Å². The van der Waals surface area contributed by atoms with E-state index in [-0.39, 0.29) is 6.10 Å². The molecule has 0 radical (unpaired) electrons. The Balaban J connectivity index is 1.94. The number of benzene rings is 1. The van der Waals surface area contributed by atoms with Crippen molar-refractivity contribution in [1.29, 1.82) is 0 Å². The second-order valence-electron chi connectivity index (χ2n) is 4.71. The number of nitrogens with one attached hydrogen (secondary N) is 1. The van der Waals surface area contributed by atoms with E-state index >= 15 is 0 Å². The number of fused-ring (bicyclic) bond motifs is 1. The zero-order valence-corrected chi connectivity index (χ0v) is 11.8. The minimum atomic E-state index is -0.174. The summed E-state index contributed by atoms with van der Waals surface area (Å²) in [5.74, 6) is 0. The second-order valence-corrected chi connectivity index (χ2v) is 5.83. The minimum absolute atomic E-state index is 0.174. The summed E-state index contributed by atoms with van der Waals surface area (Å²) in [6, 6.07) is 11.1. The van der Waals surface area contributed by atoms with Crippen LogP contribution >= 0.6 is 11.3 Å². The van der Waals surface area contributed by atoms with Gasteiger partial charge in [0.15, 0.2) is 0 Å². The van der Waals surface area contributed by atoms with Crippen molar-refractivity contribution in [2.24, 2.45) is 0 Å². The molecule has 3 heteroatoms.